The van der Waals surface area contributed by atoms with Crippen molar-refractivity contribution < 1.29 is 0 Å². The van der Waals surface area contributed by atoms with Gasteiger partial charge in [0.05, 0.1) is 5.69 Å². The van der Waals surface area contributed by atoms with Gasteiger partial charge in [0.15, 0.2) is 10.3 Å². The second-order valence-corrected chi connectivity index (χ2v) is 4.34. The van der Waals surface area contributed by atoms with Gasteiger partial charge in [0, 0.05) is 19.2 Å². The summed E-state index contributed by atoms with van der Waals surface area (Å²) in [5, 5.41) is 8.23. The van der Waals surface area contributed by atoms with Gasteiger partial charge in [-0.1, -0.05) is 36.5 Å². The molecule has 1 atom stereocenters. The fraction of sp³-hybridized carbons (Fsp3) is 0.600. The van der Waals surface area contributed by atoms with Gasteiger partial charge in [0.1, 0.15) is 0 Å². The Morgan fingerprint density at radius 3 is 2.67 bits per heavy atom. The van der Waals surface area contributed by atoms with Crippen molar-refractivity contribution in [1.29, 1.82) is 0 Å². The van der Waals surface area contributed by atoms with E-state index in [0.717, 1.165) is 18.5 Å². The minimum absolute atomic E-state index is 0.366. The quantitative estimate of drug-likeness (QED) is 0.817. The molecule has 15 heavy (non-hydrogen) atoms. The van der Waals surface area contributed by atoms with Gasteiger partial charge < -0.3 is 4.90 Å². The van der Waals surface area contributed by atoms with Crippen LogP contribution in [0.3, 0.4) is 0 Å². The maximum atomic E-state index is 5.96. The maximum absolute atomic E-state index is 5.96. The summed E-state index contributed by atoms with van der Waals surface area (Å²) < 4.78 is 0. The highest BCUT2D eigenvalue weighted by atomic mass is 35.5. The van der Waals surface area contributed by atoms with Crippen molar-refractivity contribution in [2.45, 2.75) is 32.7 Å². The van der Waals surface area contributed by atoms with Crippen LogP contribution in [0.25, 0.3) is 0 Å². The van der Waals surface area contributed by atoms with Gasteiger partial charge in [0.2, 0.25) is 0 Å². The molecule has 1 rings (SSSR count). The average Bonchev–Trinajstić information content (AvgIpc) is 2.21. The molecule has 1 heterocycles. The zero-order valence-corrected chi connectivity index (χ0v) is 10.7. The highest BCUT2D eigenvalue weighted by Gasteiger charge is 2.14. The Morgan fingerprint density at radius 1 is 1.40 bits per heavy atom. The van der Waals surface area contributed by atoms with Crippen LogP contribution in [0.5, 0.6) is 0 Å². The van der Waals surface area contributed by atoms with E-state index >= 15 is 0 Å². The topological polar surface area (TPSA) is 29.0 Å². The smallest absolute Gasteiger partial charge is 0.175 e. The molecule has 0 saturated heterocycles. The van der Waals surface area contributed by atoms with E-state index in [1.165, 1.54) is 0 Å². The maximum Gasteiger partial charge on any atom is 0.175 e. The van der Waals surface area contributed by atoms with Gasteiger partial charge in [-0.15, -0.1) is 10.2 Å². The van der Waals surface area contributed by atoms with Crippen LogP contribution in [0, 0.1) is 0 Å². The van der Waals surface area contributed by atoms with Crippen LogP contribution in [0.2, 0.25) is 10.3 Å². The molecule has 0 aromatic carbocycles. The lowest BCUT2D eigenvalue weighted by Crippen LogP contribution is -2.29. The van der Waals surface area contributed by atoms with Gasteiger partial charge in [-0.2, -0.15) is 0 Å². The van der Waals surface area contributed by atoms with Crippen LogP contribution >= 0.6 is 23.2 Å². The van der Waals surface area contributed by atoms with Crippen molar-refractivity contribution in [3.8, 4) is 0 Å². The fourth-order valence-corrected chi connectivity index (χ4v) is 1.81. The minimum Gasteiger partial charge on any atom is -0.369 e. The van der Waals surface area contributed by atoms with Crippen LogP contribution in [0.15, 0.2) is 6.07 Å². The molecule has 84 valence electrons. The van der Waals surface area contributed by atoms with E-state index in [2.05, 4.69) is 28.9 Å². The Morgan fingerprint density at radius 2 is 2.07 bits per heavy atom. The summed E-state index contributed by atoms with van der Waals surface area (Å²) >= 11 is 11.7. The van der Waals surface area contributed by atoms with Crippen molar-refractivity contribution in [3.05, 3.63) is 16.4 Å². The molecule has 0 fully saturated rings. The van der Waals surface area contributed by atoms with E-state index in [9.17, 15) is 0 Å². The van der Waals surface area contributed by atoms with E-state index in [-0.39, 0.29) is 0 Å². The molecule has 0 aliphatic carbocycles. The van der Waals surface area contributed by atoms with Crippen LogP contribution in [-0.2, 0) is 0 Å². The lowest BCUT2D eigenvalue weighted by molar-refractivity contribution is 0.615. The first-order valence-corrected chi connectivity index (χ1v) is 5.73. The third kappa shape index (κ3) is 3.21. The Kier molecular flexibility index (Phi) is 4.61. The number of aromatic nitrogens is 2. The molecular weight excluding hydrogens is 233 g/mol. The van der Waals surface area contributed by atoms with Crippen molar-refractivity contribution in [2.75, 3.05) is 11.9 Å². The normalized spacial score (nSPS) is 12.6. The summed E-state index contributed by atoms with van der Waals surface area (Å²) in [6.07, 6.45) is 2.24. The summed E-state index contributed by atoms with van der Waals surface area (Å²) in [4.78, 5) is 2.08. The summed E-state index contributed by atoms with van der Waals surface area (Å²) in [5.41, 5.74) is 0.831. The van der Waals surface area contributed by atoms with Crippen molar-refractivity contribution >= 4 is 28.9 Å². The first kappa shape index (κ1) is 12.5. The first-order chi connectivity index (χ1) is 7.06. The van der Waals surface area contributed by atoms with Gasteiger partial charge in [0.25, 0.3) is 0 Å². The molecule has 0 aliphatic heterocycles. The molecule has 1 aromatic heterocycles. The Labute approximate surface area is 100 Å². The third-order valence-corrected chi connectivity index (χ3v) is 2.90. The highest BCUT2D eigenvalue weighted by Crippen LogP contribution is 2.26. The summed E-state index contributed by atoms with van der Waals surface area (Å²) in [6, 6.07) is 2.15. The van der Waals surface area contributed by atoms with Gasteiger partial charge in [-0.3, -0.25) is 0 Å². The van der Waals surface area contributed by atoms with Crippen molar-refractivity contribution in [1.82, 2.24) is 10.2 Å². The highest BCUT2D eigenvalue weighted by molar-refractivity contribution is 6.33. The van der Waals surface area contributed by atoms with E-state index < -0.39 is 0 Å². The second kappa shape index (κ2) is 5.52. The molecule has 0 amide bonds. The van der Waals surface area contributed by atoms with Crippen LogP contribution in [-0.4, -0.2) is 23.3 Å². The summed E-state index contributed by atoms with van der Waals surface area (Å²) in [5.74, 6) is 0. The molecule has 0 aliphatic rings. The predicted octanol–water partition coefficient (Wildman–Crippen LogP) is 3.41. The third-order valence-electron chi connectivity index (χ3n) is 2.45. The first-order valence-electron chi connectivity index (χ1n) is 4.97. The lowest BCUT2D eigenvalue weighted by atomic mass is 10.1. The molecule has 1 unspecified atom stereocenters. The van der Waals surface area contributed by atoms with Gasteiger partial charge in [-0.05, 0) is 13.3 Å². The molecule has 0 saturated carbocycles. The molecule has 0 radical (unpaired) electrons. The molecule has 0 N–H and O–H groups in total. The van der Waals surface area contributed by atoms with E-state index in [1.54, 1.807) is 6.07 Å². The Bertz CT molecular complexity index is 330. The van der Waals surface area contributed by atoms with Gasteiger partial charge in [-0.25, -0.2) is 0 Å². The van der Waals surface area contributed by atoms with Crippen molar-refractivity contribution in [2.24, 2.45) is 0 Å². The molecule has 1 aromatic rings. The van der Waals surface area contributed by atoms with Crippen LogP contribution in [0.4, 0.5) is 5.69 Å². The monoisotopic (exact) mass is 247 g/mol. The lowest BCUT2D eigenvalue weighted by Gasteiger charge is -2.26. The van der Waals surface area contributed by atoms with E-state index in [0.29, 0.717) is 16.3 Å². The molecule has 3 nitrogen and oxygen atoms in total. The van der Waals surface area contributed by atoms with E-state index in [4.69, 9.17) is 23.2 Å². The van der Waals surface area contributed by atoms with E-state index in [1.807, 2.05) is 7.05 Å². The minimum atomic E-state index is 0.366. The van der Waals surface area contributed by atoms with Gasteiger partial charge >= 0.3 is 0 Å². The Hall–Kier alpha value is -0.540. The molecule has 0 spiro atoms. The summed E-state index contributed by atoms with van der Waals surface area (Å²) in [7, 11) is 1.99. The largest absolute Gasteiger partial charge is 0.369 e. The predicted molar refractivity (Wildman–Crippen MR) is 64.8 cm³/mol. The number of hydrogen-bond acceptors (Lipinski definition) is 3. The van der Waals surface area contributed by atoms with Crippen LogP contribution in [0.1, 0.15) is 26.7 Å². The average molecular weight is 248 g/mol. The van der Waals surface area contributed by atoms with Crippen molar-refractivity contribution in [3.63, 3.8) is 0 Å². The second-order valence-electron chi connectivity index (χ2n) is 3.59. The number of anilines is 1. The number of hydrogen-bond donors (Lipinski definition) is 0. The molecule has 5 heteroatoms. The number of nitrogens with zero attached hydrogens (tertiary/aromatic N) is 3. The fourth-order valence-electron chi connectivity index (χ4n) is 1.44. The Balaban J connectivity index is 2.89. The number of rotatable bonds is 4. The molecule has 0 bridgehead atoms. The zero-order chi connectivity index (χ0) is 11.4. The van der Waals surface area contributed by atoms with Crippen LogP contribution < -0.4 is 4.90 Å². The number of halogens is 2. The standard InChI is InChI=1S/C10H15Cl2N3/c1-4-5-7(2)15(3)8-6-9(11)13-14-10(8)12/h6-7H,4-5H2,1-3H3. The summed E-state index contributed by atoms with van der Waals surface area (Å²) in [6.45, 7) is 4.30. The SMILES string of the molecule is CCCC(C)N(C)c1cc(Cl)nnc1Cl. The zero-order valence-electron chi connectivity index (χ0n) is 9.17. The molecular formula is C10H15Cl2N3.